The van der Waals surface area contributed by atoms with E-state index in [4.69, 9.17) is 5.73 Å². The second-order valence-corrected chi connectivity index (χ2v) is 15.6. The van der Waals surface area contributed by atoms with E-state index < -0.39 is 114 Å². The lowest BCUT2D eigenvalue weighted by atomic mass is 9.98. The van der Waals surface area contributed by atoms with Gasteiger partial charge in [-0.1, -0.05) is 71.9 Å². The number of benzene rings is 1. The van der Waals surface area contributed by atoms with E-state index in [2.05, 4.69) is 26.6 Å². The summed E-state index contributed by atoms with van der Waals surface area (Å²) in [5.41, 5.74) is 6.24. The van der Waals surface area contributed by atoms with E-state index in [1.807, 2.05) is 6.07 Å². The number of carbonyl (C=O) groups is 8. The molecule has 1 unspecified atom stereocenters. The number of nitrogens with two attached hydrogens (primary N) is 1. The normalized spacial score (nSPS) is 28.2. The van der Waals surface area contributed by atoms with Crippen molar-refractivity contribution >= 4 is 47.3 Å². The number of hydrogen-bond donors (Lipinski definition) is 6. The van der Waals surface area contributed by atoms with Crippen LogP contribution in [-0.4, -0.2) is 112 Å². The summed E-state index contributed by atoms with van der Waals surface area (Å²) in [5.74, 6) is -6.58. The van der Waals surface area contributed by atoms with Crippen LogP contribution in [0.15, 0.2) is 30.3 Å². The van der Waals surface area contributed by atoms with E-state index in [0.717, 1.165) is 5.56 Å². The van der Waals surface area contributed by atoms with Crippen LogP contribution in [0.25, 0.3) is 0 Å². The average Bonchev–Trinajstić information content (AvgIpc) is 3.81. The zero-order chi connectivity index (χ0) is 39.9. The maximum Gasteiger partial charge on any atom is 0.246 e. The van der Waals surface area contributed by atoms with Crippen molar-refractivity contribution in [3.05, 3.63) is 35.9 Å². The lowest BCUT2D eigenvalue weighted by molar-refractivity contribution is -0.144. The fraction of sp³-hybridized carbons (Fsp3) is 0.632. The van der Waals surface area contributed by atoms with Gasteiger partial charge in [-0.15, -0.1) is 0 Å². The predicted molar refractivity (Wildman–Crippen MR) is 198 cm³/mol. The third-order valence-electron chi connectivity index (χ3n) is 10.3. The lowest BCUT2D eigenvalue weighted by Crippen LogP contribution is -2.61. The summed E-state index contributed by atoms with van der Waals surface area (Å²) in [6, 6.07) is 1.08. The van der Waals surface area contributed by atoms with Gasteiger partial charge in [0.25, 0.3) is 0 Å². The van der Waals surface area contributed by atoms with Crippen molar-refractivity contribution in [3.8, 4) is 0 Å². The first-order valence-electron chi connectivity index (χ1n) is 18.9. The van der Waals surface area contributed by atoms with E-state index in [0.29, 0.717) is 19.3 Å². The van der Waals surface area contributed by atoms with Gasteiger partial charge in [-0.05, 0) is 49.0 Å². The molecule has 0 spiro atoms. The van der Waals surface area contributed by atoms with Crippen molar-refractivity contribution in [1.82, 2.24) is 36.4 Å². The Morgan fingerprint density at radius 2 is 1.06 bits per heavy atom. The standard InChI is InChI=1S/C38H56N8O8/c1-20(2)29-35(51)41-25(19-28(39)47)37(53)45-16-10-14-26(45)33(49)40-24(18-23-12-8-7-9-13-23)32(48)42-30(21(3)4)36(52)44-31(22(5)6)38(54)46-17-11-15-27(46)34(50)43-29/h7-9,12-13,20-22,24-27,29-31H,10-11,14-19H2,1-6H3,(H2,39,47)(H,40,49)(H,41,51)(H,42,48)(H,43,50)(H,44,52)/t24-,25-,26-,27-,29-,30-,31?/m0/s1. The number of carbonyl (C=O) groups excluding carboxylic acids is 8. The highest BCUT2D eigenvalue weighted by atomic mass is 16.2. The SMILES string of the molecule is CC(C)C1NC(=O)[C@H](C(C)C)NC(=O)[C@H](Cc2ccccc2)NC(=O)[C@@H]2CCCN2C(=O)[C@H](CC(N)=O)NC(=O)[C@H](C(C)C)NC(=O)[C@@H]2CCCN2C1=O. The smallest absolute Gasteiger partial charge is 0.246 e. The Morgan fingerprint density at radius 1 is 0.611 bits per heavy atom. The van der Waals surface area contributed by atoms with Crippen LogP contribution in [0.2, 0.25) is 0 Å². The summed E-state index contributed by atoms with van der Waals surface area (Å²) in [4.78, 5) is 113. The molecule has 16 heteroatoms. The zero-order valence-electron chi connectivity index (χ0n) is 32.1. The van der Waals surface area contributed by atoms with Gasteiger partial charge in [-0.25, -0.2) is 0 Å². The maximum atomic E-state index is 14.1. The molecular formula is C38H56N8O8. The zero-order valence-corrected chi connectivity index (χ0v) is 32.1. The molecule has 1 aromatic carbocycles. The van der Waals surface area contributed by atoms with Gasteiger partial charge in [0.1, 0.15) is 42.3 Å². The van der Waals surface area contributed by atoms with E-state index in [1.54, 1.807) is 65.8 Å². The molecular weight excluding hydrogens is 696 g/mol. The van der Waals surface area contributed by atoms with Crippen LogP contribution >= 0.6 is 0 Å². The molecule has 3 heterocycles. The highest BCUT2D eigenvalue weighted by molar-refractivity contribution is 6.00. The summed E-state index contributed by atoms with van der Waals surface area (Å²) in [6.45, 7) is 10.8. The van der Waals surface area contributed by atoms with Gasteiger partial charge in [0.15, 0.2) is 0 Å². The number of fused-ring (bicyclic) bond motifs is 2. The average molecular weight is 753 g/mol. The summed E-state index contributed by atoms with van der Waals surface area (Å²) in [6.07, 6.45) is 1.01. The molecule has 0 bridgehead atoms. The van der Waals surface area contributed by atoms with Crippen LogP contribution in [0.3, 0.4) is 0 Å². The molecule has 3 aliphatic rings. The molecule has 0 radical (unpaired) electrons. The first-order chi connectivity index (χ1) is 25.5. The molecule has 3 fully saturated rings. The predicted octanol–water partition coefficient (Wildman–Crippen LogP) is -0.508. The summed E-state index contributed by atoms with van der Waals surface area (Å²) in [7, 11) is 0. The van der Waals surface area contributed by atoms with E-state index in [1.165, 1.54) is 9.80 Å². The fourth-order valence-corrected chi connectivity index (χ4v) is 7.30. The van der Waals surface area contributed by atoms with Gasteiger partial charge in [-0.3, -0.25) is 38.4 Å². The molecule has 3 aliphatic heterocycles. The van der Waals surface area contributed by atoms with Gasteiger partial charge in [-0.2, -0.15) is 0 Å². The quantitative estimate of drug-likeness (QED) is 0.212. The number of primary amides is 1. The van der Waals surface area contributed by atoms with Crippen molar-refractivity contribution in [2.75, 3.05) is 13.1 Å². The topological polar surface area (TPSA) is 229 Å². The third kappa shape index (κ3) is 10.1. The molecule has 4 rings (SSSR count). The van der Waals surface area contributed by atoms with Crippen molar-refractivity contribution in [3.63, 3.8) is 0 Å². The Kier molecular flexibility index (Phi) is 14.2. The summed E-state index contributed by atoms with van der Waals surface area (Å²) in [5, 5.41) is 13.8. The number of rotatable bonds is 7. The first kappa shape index (κ1) is 41.7. The Labute approximate surface area is 316 Å². The minimum Gasteiger partial charge on any atom is -0.370 e. The number of amides is 8. The highest BCUT2D eigenvalue weighted by Gasteiger charge is 2.43. The van der Waals surface area contributed by atoms with Crippen LogP contribution in [-0.2, 0) is 44.8 Å². The van der Waals surface area contributed by atoms with Gasteiger partial charge >= 0.3 is 0 Å². The molecule has 7 atom stereocenters. The maximum absolute atomic E-state index is 14.1. The van der Waals surface area contributed by atoms with Crippen LogP contribution in [0.5, 0.6) is 0 Å². The second-order valence-electron chi connectivity index (χ2n) is 15.6. The van der Waals surface area contributed by atoms with Crippen LogP contribution in [0.4, 0.5) is 0 Å². The van der Waals surface area contributed by atoms with Crippen molar-refractivity contribution in [2.24, 2.45) is 23.5 Å². The largest absolute Gasteiger partial charge is 0.370 e. The summed E-state index contributed by atoms with van der Waals surface area (Å²) >= 11 is 0. The molecule has 0 saturated carbocycles. The van der Waals surface area contributed by atoms with Crippen molar-refractivity contribution < 1.29 is 38.4 Å². The minimum absolute atomic E-state index is 0.0624. The molecule has 7 N–H and O–H groups in total. The second kappa shape index (κ2) is 18.3. The monoisotopic (exact) mass is 752 g/mol. The molecule has 0 aliphatic carbocycles. The molecule has 296 valence electrons. The van der Waals surface area contributed by atoms with E-state index in [9.17, 15) is 38.4 Å². The first-order valence-corrected chi connectivity index (χ1v) is 18.9. The van der Waals surface area contributed by atoms with Gasteiger partial charge in [0.05, 0.1) is 6.42 Å². The Hall–Kier alpha value is -5.02. The molecule has 8 amide bonds. The number of nitrogens with one attached hydrogen (secondary N) is 5. The molecule has 54 heavy (non-hydrogen) atoms. The van der Waals surface area contributed by atoms with Crippen molar-refractivity contribution in [1.29, 1.82) is 0 Å². The molecule has 0 aromatic heterocycles. The van der Waals surface area contributed by atoms with Crippen LogP contribution in [0.1, 0.15) is 79.2 Å². The van der Waals surface area contributed by atoms with Crippen LogP contribution < -0.4 is 32.3 Å². The molecule has 16 nitrogen and oxygen atoms in total. The molecule has 3 saturated heterocycles. The minimum atomic E-state index is -1.45. The summed E-state index contributed by atoms with van der Waals surface area (Å²) < 4.78 is 0. The Balaban J connectivity index is 1.77. The van der Waals surface area contributed by atoms with Crippen molar-refractivity contribution in [2.45, 2.75) is 122 Å². The van der Waals surface area contributed by atoms with Gasteiger partial charge < -0.3 is 42.1 Å². The molecule has 1 aromatic rings. The number of nitrogens with zero attached hydrogens (tertiary/aromatic N) is 2. The third-order valence-corrected chi connectivity index (χ3v) is 10.3. The Morgan fingerprint density at radius 3 is 1.57 bits per heavy atom. The van der Waals surface area contributed by atoms with Gasteiger partial charge in [0, 0.05) is 19.5 Å². The highest BCUT2D eigenvalue weighted by Crippen LogP contribution is 2.23. The van der Waals surface area contributed by atoms with Gasteiger partial charge in [0.2, 0.25) is 47.3 Å². The van der Waals surface area contributed by atoms with Crippen LogP contribution in [0, 0.1) is 17.8 Å². The number of hydrogen-bond acceptors (Lipinski definition) is 8. The Bertz CT molecular complexity index is 1580. The lowest BCUT2D eigenvalue weighted by Gasteiger charge is -2.33. The van der Waals surface area contributed by atoms with E-state index in [-0.39, 0.29) is 25.9 Å². The fourth-order valence-electron chi connectivity index (χ4n) is 7.30. The van der Waals surface area contributed by atoms with E-state index >= 15 is 0 Å².